The molecule has 6 rings (SSSR count). The summed E-state index contributed by atoms with van der Waals surface area (Å²) in [6.45, 7) is 8.27. The summed E-state index contributed by atoms with van der Waals surface area (Å²) in [5.41, 5.74) is 2.69. The number of carbonyl (C=O) groups excluding carboxylic acids is 1. The van der Waals surface area contributed by atoms with E-state index in [-0.39, 0.29) is 18.2 Å². The lowest BCUT2D eigenvalue weighted by atomic mass is 9.86. The molecule has 0 spiro atoms. The number of hydrogen-bond acceptors (Lipinski definition) is 6. The van der Waals surface area contributed by atoms with Crippen molar-refractivity contribution in [3.8, 4) is 0 Å². The van der Waals surface area contributed by atoms with Crippen LogP contribution in [0.5, 0.6) is 0 Å². The Kier molecular flexibility index (Phi) is 10.4. The van der Waals surface area contributed by atoms with Gasteiger partial charge in [-0.25, -0.2) is 0 Å². The highest BCUT2D eigenvalue weighted by atomic mass is 16.5. The number of unbranched alkanes of at least 4 members (excludes halogenated alkanes) is 2. The first-order chi connectivity index (χ1) is 19.2. The molecule has 0 amide bonds. The Morgan fingerprint density at radius 1 is 0.821 bits per heavy atom. The van der Waals surface area contributed by atoms with Crippen LogP contribution in [0.2, 0.25) is 0 Å². The lowest BCUT2D eigenvalue weighted by Crippen LogP contribution is -2.54. The number of benzene rings is 2. The van der Waals surface area contributed by atoms with Crippen LogP contribution in [0.15, 0.2) is 60.7 Å². The largest absolute Gasteiger partial charge is 0.461 e. The minimum atomic E-state index is 0.00550. The van der Waals surface area contributed by atoms with Gasteiger partial charge in [0.25, 0.3) is 0 Å². The first-order valence-electron chi connectivity index (χ1n) is 15.2. The van der Waals surface area contributed by atoms with Gasteiger partial charge in [-0.3, -0.25) is 14.6 Å². The number of carbonyl (C=O) groups is 1. The first-order valence-corrected chi connectivity index (χ1v) is 15.2. The first kappa shape index (κ1) is 28.3. The Hall–Kier alpha value is -2.25. The van der Waals surface area contributed by atoms with Crippen molar-refractivity contribution in [1.29, 1.82) is 0 Å². The van der Waals surface area contributed by atoms with Crippen molar-refractivity contribution in [3.63, 3.8) is 0 Å². The molecular formula is C33H47N3O3. The number of hydrogen-bond donors (Lipinski definition) is 0. The van der Waals surface area contributed by atoms with Crippen LogP contribution in [-0.4, -0.2) is 85.3 Å². The maximum atomic E-state index is 12.4. The van der Waals surface area contributed by atoms with Gasteiger partial charge in [-0.05, 0) is 75.3 Å². The van der Waals surface area contributed by atoms with Crippen LogP contribution in [0.3, 0.4) is 0 Å². The number of esters is 1. The zero-order chi connectivity index (χ0) is 26.9. The Bertz CT molecular complexity index is 954. The van der Waals surface area contributed by atoms with Gasteiger partial charge < -0.3 is 14.4 Å². The monoisotopic (exact) mass is 533 g/mol. The molecule has 4 aliphatic heterocycles. The number of fused-ring (bicyclic) bond motifs is 3. The van der Waals surface area contributed by atoms with E-state index in [0.29, 0.717) is 18.4 Å². The fraction of sp³-hybridized carbons (Fsp3) is 0.606. The number of ether oxygens (including phenoxy) is 2. The summed E-state index contributed by atoms with van der Waals surface area (Å²) in [7, 11) is 1.87. The van der Waals surface area contributed by atoms with Crippen molar-refractivity contribution in [1.82, 2.24) is 14.7 Å². The summed E-state index contributed by atoms with van der Waals surface area (Å²) >= 11 is 0. The number of rotatable bonds is 13. The van der Waals surface area contributed by atoms with Gasteiger partial charge >= 0.3 is 5.97 Å². The van der Waals surface area contributed by atoms with E-state index < -0.39 is 0 Å². The van der Waals surface area contributed by atoms with E-state index in [2.05, 4.69) is 75.4 Å². The minimum absolute atomic E-state index is 0.00550. The highest BCUT2D eigenvalue weighted by Crippen LogP contribution is 2.30. The standard InChI is InChI=1S/C33H47N3O3/c1-38-32-26-34(19-10-4-9-15-33(37)39-31-25-35-20-16-29(31)17-21-35)22-18-30(32)36(23-27-11-5-2-6-12-27)24-28-13-7-3-8-14-28/h2-3,5-8,11-14,29-32H,4,9-10,15-26H2,1H3/t30?,31?,32-/m0/s1. The second kappa shape index (κ2) is 14.4. The average molecular weight is 534 g/mol. The molecule has 0 saturated carbocycles. The summed E-state index contributed by atoms with van der Waals surface area (Å²) in [5.74, 6) is 0.595. The van der Waals surface area contributed by atoms with Crippen LogP contribution >= 0.6 is 0 Å². The zero-order valence-electron chi connectivity index (χ0n) is 23.8. The van der Waals surface area contributed by atoms with Crippen LogP contribution < -0.4 is 0 Å². The smallest absolute Gasteiger partial charge is 0.306 e. The maximum absolute atomic E-state index is 12.4. The van der Waals surface area contributed by atoms with E-state index in [1.807, 2.05) is 7.11 Å². The predicted octanol–water partition coefficient (Wildman–Crippen LogP) is 4.98. The quantitative estimate of drug-likeness (QED) is 0.267. The second-order valence-electron chi connectivity index (χ2n) is 11.8. The van der Waals surface area contributed by atoms with E-state index in [9.17, 15) is 4.79 Å². The lowest BCUT2D eigenvalue weighted by Gasteiger charge is -2.44. The normalized spacial score (nSPS) is 27.1. The van der Waals surface area contributed by atoms with Gasteiger partial charge in [-0.2, -0.15) is 0 Å². The zero-order valence-corrected chi connectivity index (χ0v) is 23.8. The van der Waals surface area contributed by atoms with Crippen molar-refractivity contribution in [2.75, 3.05) is 46.4 Å². The number of likely N-dealkylation sites (tertiary alicyclic amines) is 1. The fourth-order valence-corrected chi connectivity index (χ4v) is 6.80. The van der Waals surface area contributed by atoms with E-state index in [4.69, 9.17) is 9.47 Å². The molecule has 4 fully saturated rings. The molecule has 212 valence electrons. The summed E-state index contributed by atoms with van der Waals surface area (Å²) < 4.78 is 12.0. The topological polar surface area (TPSA) is 45.2 Å². The van der Waals surface area contributed by atoms with E-state index in [1.165, 1.54) is 37.1 Å². The van der Waals surface area contributed by atoms with Crippen molar-refractivity contribution < 1.29 is 14.3 Å². The van der Waals surface area contributed by atoms with Gasteiger partial charge in [-0.1, -0.05) is 67.1 Å². The van der Waals surface area contributed by atoms with Gasteiger partial charge in [0.15, 0.2) is 0 Å². The van der Waals surface area contributed by atoms with Gasteiger partial charge in [-0.15, -0.1) is 0 Å². The van der Waals surface area contributed by atoms with Crippen molar-refractivity contribution in [2.45, 2.75) is 76.3 Å². The highest BCUT2D eigenvalue weighted by Gasteiger charge is 2.36. The SMILES string of the molecule is CO[C@H]1CN(CCCCCC(=O)OC2CN3CCC2CC3)CCC1N(Cc1ccccc1)Cc1ccccc1. The summed E-state index contributed by atoms with van der Waals surface area (Å²) in [4.78, 5) is 20.0. The van der Waals surface area contributed by atoms with Crippen LogP contribution in [0.1, 0.15) is 56.1 Å². The summed E-state index contributed by atoms with van der Waals surface area (Å²) in [6, 6.07) is 22.0. The Labute approximate surface area is 235 Å². The van der Waals surface area contributed by atoms with Gasteiger partial charge in [0.05, 0.1) is 6.10 Å². The van der Waals surface area contributed by atoms with Crippen LogP contribution in [-0.2, 0) is 27.4 Å². The Morgan fingerprint density at radius 2 is 1.49 bits per heavy atom. The molecule has 4 heterocycles. The average Bonchev–Trinajstić information content (AvgIpc) is 2.98. The Balaban J connectivity index is 1.05. The van der Waals surface area contributed by atoms with Gasteiger partial charge in [0, 0.05) is 45.8 Å². The van der Waals surface area contributed by atoms with E-state index in [1.54, 1.807) is 0 Å². The molecule has 2 bridgehead atoms. The molecule has 2 aromatic carbocycles. The molecule has 0 aromatic heterocycles. The number of piperidine rings is 4. The molecule has 39 heavy (non-hydrogen) atoms. The molecule has 4 aliphatic rings. The van der Waals surface area contributed by atoms with Crippen LogP contribution in [0.25, 0.3) is 0 Å². The predicted molar refractivity (Wildman–Crippen MR) is 155 cm³/mol. The molecule has 0 N–H and O–H groups in total. The molecule has 2 unspecified atom stereocenters. The van der Waals surface area contributed by atoms with Gasteiger partial charge in [0.1, 0.15) is 6.10 Å². The Morgan fingerprint density at radius 3 is 2.08 bits per heavy atom. The summed E-state index contributed by atoms with van der Waals surface area (Å²) in [5, 5.41) is 0. The van der Waals surface area contributed by atoms with Crippen LogP contribution in [0, 0.1) is 5.92 Å². The molecule has 4 saturated heterocycles. The van der Waals surface area contributed by atoms with Crippen molar-refractivity contribution >= 4 is 5.97 Å². The minimum Gasteiger partial charge on any atom is -0.461 e. The molecule has 2 aromatic rings. The van der Waals surface area contributed by atoms with Crippen molar-refractivity contribution in [3.05, 3.63) is 71.8 Å². The molecule has 3 atom stereocenters. The molecule has 6 heteroatoms. The highest BCUT2D eigenvalue weighted by molar-refractivity contribution is 5.69. The molecule has 6 nitrogen and oxygen atoms in total. The fourth-order valence-electron chi connectivity index (χ4n) is 6.80. The molecular weight excluding hydrogens is 486 g/mol. The summed E-state index contributed by atoms with van der Waals surface area (Å²) in [6.07, 6.45) is 7.46. The third-order valence-corrected chi connectivity index (χ3v) is 9.07. The van der Waals surface area contributed by atoms with Crippen LogP contribution in [0.4, 0.5) is 0 Å². The maximum Gasteiger partial charge on any atom is 0.306 e. The van der Waals surface area contributed by atoms with E-state index >= 15 is 0 Å². The van der Waals surface area contributed by atoms with Crippen molar-refractivity contribution in [2.24, 2.45) is 5.92 Å². The lowest BCUT2D eigenvalue weighted by molar-refractivity contribution is -0.158. The number of methoxy groups -OCH3 is 1. The van der Waals surface area contributed by atoms with Gasteiger partial charge in [0.2, 0.25) is 0 Å². The molecule has 0 aliphatic carbocycles. The number of nitrogens with zero attached hydrogens (tertiary/aromatic N) is 3. The third kappa shape index (κ3) is 8.14. The second-order valence-corrected chi connectivity index (χ2v) is 11.8. The third-order valence-electron chi connectivity index (χ3n) is 9.07. The van der Waals surface area contributed by atoms with E-state index in [0.717, 1.165) is 65.0 Å². The molecule has 0 radical (unpaired) electrons.